The molecule has 4 nitrogen and oxygen atoms in total. The van der Waals surface area contributed by atoms with Gasteiger partial charge in [0.05, 0.1) is 6.04 Å². The Labute approximate surface area is 99.6 Å². The Bertz CT molecular complexity index is 185. The Morgan fingerprint density at radius 1 is 1.31 bits per heavy atom. The molecular formula is C12H27N3O. The largest absolute Gasteiger partial charge is 0.368 e. The van der Waals surface area contributed by atoms with Crippen LogP contribution in [0.3, 0.4) is 0 Å². The molecule has 0 spiro atoms. The zero-order valence-corrected chi connectivity index (χ0v) is 11.0. The highest BCUT2D eigenvalue weighted by molar-refractivity contribution is 5.79. The summed E-state index contributed by atoms with van der Waals surface area (Å²) in [7, 11) is 0. The highest BCUT2D eigenvalue weighted by atomic mass is 16.1. The van der Waals surface area contributed by atoms with Gasteiger partial charge in [0, 0.05) is 6.54 Å². The van der Waals surface area contributed by atoms with E-state index in [4.69, 9.17) is 5.73 Å². The van der Waals surface area contributed by atoms with Crippen molar-refractivity contribution in [3.8, 4) is 0 Å². The molecule has 0 saturated heterocycles. The molecule has 0 aromatic carbocycles. The van der Waals surface area contributed by atoms with Crippen LogP contribution >= 0.6 is 0 Å². The van der Waals surface area contributed by atoms with Gasteiger partial charge < -0.3 is 16.0 Å². The quantitative estimate of drug-likeness (QED) is 0.586. The number of carbonyl (C=O) groups excluding carboxylic acids is 1. The van der Waals surface area contributed by atoms with Crippen LogP contribution in [0.2, 0.25) is 0 Å². The molecule has 0 aliphatic rings. The van der Waals surface area contributed by atoms with Crippen molar-refractivity contribution in [1.82, 2.24) is 10.2 Å². The molecule has 0 aromatic rings. The minimum atomic E-state index is -0.242. The third-order valence-corrected chi connectivity index (χ3v) is 2.80. The molecule has 0 radical (unpaired) electrons. The predicted molar refractivity (Wildman–Crippen MR) is 68.3 cm³/mol. The van der Waals surface area contributed by atoms with Crippen molar-refractivity contribution in [3.05, 3.63) is 0 Å². The van der Waals surface area contributed by atoms with Gasteiger partial charge in [0.25, 0.3) is 0 Å². The lowest BCUT2D eigenvalue weighted by atomic mass is 10.2. The van der Waals surface area contributed by atoms with Crippen molar-refractivity contribution in [2.45, 2.75) is 46.1 Å². The lowest BCUT2D eigenvalue weighted by molar-refractivity contribution is -0.120. The van der Waals surface area contributed by atoms with E-state index in [1.165, 1.54) is 12.8 Å². The maximum absolute atomic E-state index is 11.1. The first-order valence-electron chi connectivity index (χ1n) is 6.40. The molecule has 3 N–H and O–H groups in total. The minimum Gasteiger partial charge on any atom is -0.368 e. The maximum Gasteiger partial charge on any atom is 0.234 e. The lowest BCUT2D eigenvalue weighted by Gasteiger charge is -2.22. The first kappa shape index (κ1) is 15.4. The summed E-state index contributed by atoms with van der Waals surface area (Å²) in [6, 6.07) is -0.180. The van der Waals surface area contributed by atoms with Crippen molar-refractivity contribution in [2.24, 2.45) is 5.73 Å². The molecule has 0 aromatic heterocycles. The second-order valence-corrected chi connectivity index (χ2v) is 4.09. The smallest absolute Gasteiger partial charge is 0.234 e. The number of nitrogens with two attached hydrogens (primary N) is 1. The number of primary amides is 1. The third-order valence-electron chi connectivity index (χ3n) is 2.80. The van der Waals surface area contributed by atoms with E-state index in [1.807, 2.05) is 6.92 Å². The van der Waals surface area contributed by atoms with E-state index in [0.717, 1.165) is 32.6 Å². The summed E-state index contributed by atoms with van der Waals surface area (Å²) in [5.74, 6) is -0.242. The van der Waals surface area contributed by atoms with Crippen LogP contribution in [0.4, 0.5) is 0 Å². The minimum absolute atomic E-state index is 0.180. The number of carbonyl (C=O) groups is 1. The highest BCUT2D eigenvalue weighted by Gasteiger charge is 2.14. The second kappa shape index (κ2) is 9.60. The second-order valence-electron chi connectivity index (χ2n) is 4.09. The van der Waals surface area contributed by atoms with Crippen LogP contribution < -0.4 is 11.1 Å². The van der Waals surface area contributed by atoms with Gasteiger partial charge in [-0.1, -0.05) is 27.2 Å². The summed E-state index contributed by atoms with van der Waals surface area (Å²) in [5, 5.41) is 3.12. The summed E-state index contributed by atoms with van der Waals surface area (Å²) in [6.45, 7) is 10.2. The molecular weight excluding hydrogens is 202 g/mol. The molecule has 0 aliphatic carbocycles. The summed E-state index contributed by atoms with van der Waals surface area (Å²) in [6.07, 6.45) is 3.24. The maximum atomic E-state index is 11.1. The van der Waals surface area contributed by atoms with Gasteiger partial charge >= 0.3 is 0 Å². The van der Waals surface area contributed by atoms with Crippen LogP contribution in [0.5, 0.6) is 0 Å². The van der Waals surface area contributed by atoms with Crippen LogP contribution in [0.1, 0.15) is 40.0 Å². The Morgan fingerprint density at radius 2 is 2.00 bits per heavy atom. The van der Waals surface area contributed by atoms with Gasteiger partial charge in [-0.15, -0.1) is 0 Å². The topological polar surface area (TPSA) is 58.4 Å². The fraction of sp³-hybridized carbons (Fsp3) is 0.917. The van der Waals surface area contributed by atoms with E-state index in [2.05, 4.69) is 24.1 Å². The van der Waals surface area contributed by atoms with Gasteiger partial charge in [-0.2, -0.15) is 0 Å². The number of nitrogens with zero attached hydrogens (tertiary/aromatic N) is 1. The Hall–Kier alpha value is -0.610. The summed E-state index contributed by atoms with van der Waals surface area (Å²) in [5.41, 5.74) is 5.33. The number of unbranched alkanes of at least 4 members (excludes halogenated alkanes) is 1. The van der Waals surface area contributed by atoms with E-state index in [1.54, 1.807) is 0 Å². The number of rotatable bonds is 10. The van der Waals surface area contributed by atoms with Crippen molar-refractivity contribution < 1.29 is 4.79 Å². The Kier molecular flexibility index (Phi) is 9.24. The average molecular weight is 229 g/mol. The van der Waals surface area contributed by atoms with Gasteiger partial charge in [0.2, 0.25) is 5.91 Å². The Balaban J connectivity index is 3.90. The number of hydrogen-bond donors (Lipinski definition) is 2. The average Bonchev–Trinajstić information content (AvgIpc) is 2.27. The molecule has 1 unspecified atom stereocenters. The molecule has 0 bridgehead atoms. The van der Waals surface area contributed by atoms with Crippen molar-refractivity contribution in [1.29, 1.82) is 0 Å². The van der Waals surface area contributed by atoms with E-state index >= 15 is 0 Å². The van der Waals surface area contributed by atoms with Gasteiger partial charge in [-0.05, 0) is 32.5 Å². The van der Waals surface area contributed by atoms with Crippen molar-refractivity contribution >= 4 is 5.91 Å². The SMILES string of the molecule is CCCCN(CC)CCC(NCC)C(N)=O. The van der Waals surface area contributed by atoms with E-state index < -0.39 is 0 Å². The van der Waals surface area contributed by atoms with Gasteiger partial charge in [0.1, 0.15) is 0 Å². The Morgan fingerprint density at radius 3 is 2.44 bits per heavy atom. The first-order chi connectivity index (χ1) is 7.65. The van der Waals surface area contributed by atoms with E-state index in [9.17, 15) is 4.79 Å². The van der Waals surface area contributed by atoms with Crippen LogP contribution in [0, 0.1) is 0 Å². The number of likely N-dealkylation sites (N-methyl/N-ethyl adjacent to an activating group) is 1. The molecule has 0 rings (SSSR count). The zero-order chi connectivity index (χ0) is 12.4. The number of nitrogens with one attached hydrogen (secondary N) is 1. The fourth-order valence-corrected chi connectivity index (χ4v) is 1.71. The van der Waals surface area contributed by atoms with Crippen LogP contribution in [0.15, 0.2) is 0 Å². The molecule has 16 heavy (non-hydrogen) atoms. The molecule has 96 valence electrons. The molecule has 0 aliphatic heterocycles. The molecule has 0 saturated carbocycles. The van der Waals surface area contributed by atoms with E-state index in [-0.39, 0.29) is 11.9 Å². The normalized spacial score (nSPS) is 13.0. The van der Waals surface area contributed by atoms with Crippen LogP contribution in [-0.4, -0.2) is 43.0 Å². The van der Waals surface area contributed by atoms with Crippen LogP contribution in [-0.2, 0) is 4.79 Å². The molecule has 0 heterocycles. The van der Waals surface area contributed by atoms with Crippen molar-refractivity contribution in [2.75, 3.05) is 26.2 Å². The fourth-order valence-electron chi connectivity index (χ4n) is 1.71. The molecule has 0 fully saturated rings. The van der Waals surface area contributed by atoms with Gasteiger partial charge in [-0.25, -0.2) is 0 Å². The highest BCUT2D eigenvalue weighted by Crippen LogP contribution is 1.99. The zero-order valence-electron chi connectivity index (χ0n) is 11.0. The third kappa shape index (κ3) is 6.80. The molecule has 1 atom stereocenters. The molecule has 4 heteroatoms. The van der Waals surface area contributed by atoms with Gasteiger partial charge in [0.15, 0.2) is 0 Å². The summed E-state index contributed by atoms with van der Waals surface area (Å²) < 4.78 is 0. The van der Waals surface area contributed by atoms with Crippen molar-refractivity contribution in [3.63, 3.8) is 0 Å². The monoisotopic (exact) mass is 229 g/mol. The standard InChI is InChI=1S/C12H27N3O/c1-4-7-9-15(6-3)10-8-11(12(13)16)14-5-2/h11,14H,4-10H2,1-3H3,(H2,13,16). The van der Waals surface area contributed by atoms with Crippen LogP contribution in [0.25, 0.3) is 0 Å². The van der Waals surface area contributed by atoms with Gasteiger partial charge in [-0.3, -0.25) is 4.79 Å². The predicted octanol–water partition coefficient (Wildman–Crippen LogP) is 0.962. The van der Waals surface area contributed by atoms with E-state index in [0.29, 0.717) is 0 Å². The number of hydrogen-bond acceptors (Lipinski definition) is 3. The lowest BCUT2D eigenvalue weighted by Crippen LogP contribution is -2.43. The molecule has 1 amide bonds. The summed E-state index contributed by atoms with van der Waals surface area (Å²) >= 11 is 0. The number of amides is 1. The first-order valence-corrected chi connectivity index (χ1v) is 6.40. The summed E-state index contributed by atoms with van der Waals surface area (Å²) in [4.78, 5) is 13.5.